The molecular weight excluding hydrogens is 735 g/mol. The fraction of sp³-hybridized carbons (Fsp3) is 0.157. The van der Waals surface area contributed by atoms with E-state index in [-0.39, 0.29) is 29.5 Å². The summed E-state index contributed by atoms with van der Waals surface area (Å²) < 4.78 is 0. The molecule has 5 amide bonds. The zero-order valence-electron chi connectivity index (χ0n) is 34.2. The largest absolute Gasteiger partial charge is 0.278 e. The average molecular weight is 786 g/mol. The van der Waals surface area contributed by atoms with Gasteiger partial charge < -0.3 is 0 Å². The number of imide groups is 2. The summed E-state index contributed by atoms with van der Waals surface area (Å²) in [7, 11) is 0. The number of nitrogens with zero attached hydrogens (tertiary/aromatic N) is 3. The molecule has 0 fully saturated rings. The molecule has 0 radical (unpaired) electrons. The van der Waals surface area contributed by atoms with Crippen molar-refractivity contribution in [1.29, 1.82) is 0 Å². The lowest BCUT2D eigenvalue weighted by Gasteiger charge is -2.16. The summed E-state index contributed by atoms with van der Waals surface area (Å²) in [6.45, 7) is 12.5. The zero-order valence-corrected chi connectivity index (χ0v) is 34.2. The highest BCUT2D eigenvalue weighted by molar-refractivity contribution is 6.28. The Hall–Kier alpha value is -7.19. The van der Waals surface area contributed by atoms with Gasteiger partial charge in [0, 0.05) is 41.8 Å². The van der Waals surface area contributed by atoms with Crippen LogP contribution in [-0.4, -0.2) is 29.5 Å². The van der Waals surface area contributed by atoms with Gasteiger partial charge in [0.15, 0.2) is 0 Å². The smallest absolute Gasteiger partial charge is 0.258 e. The Morgan fingerprint density at radius 2 is 0.542 bits per heavy atom. The van der Waals surface area contributed by atoms with Gasteiger partial charge in [-0.15, -0.1) is 0 Å². The number of hydrogen-bond donors (Lipinski definition) is 0. The van der Waals surface area contributed by atoms with E-state index < -0.39 is 0 Å². The van der Waals surface area contributed by atoms with Gasteiger partial charge in [-0.1, -0.05) is 137 Å². The summed E-state index contributed by atoms with van der Waals surface area (Å²) in [5, 5.41) is 0. The first-order valence-corrected chi connectivity index (χ1v) is 19.7. The summed E-state index contributed by atoms with van der Waals surface area (Å²) >= 11 is 0. The molecule has 8 heteroatoms. The maximum absolute atomic E-state index is 11.4. The number of rotatable bonds is 7. The van der Waals surface area contributed by atoms with Crippen molar-refractivity contribution in [3.8, 4) is 0 Å². The van der Waals surface area contributed by atoms with Crippen LogP contribution in [0.2, 0.25) is 0 Å². The number of hydrogen-bond acceptors (Lipinski definition) is 5. The Kier molecular flexibility index (Phi) is 17.5. The molecule has 8 nitrogen and oxygen atoms in total. The number of amides is 5. The van der Waals surface area contributed by atoms with Crippen molar-refractivity contribution in [2.45, 2.75) is 53.4 Å². The van der Waals surface area contributed by atoms with Crippen LogP contribution in [0.5, 0.6) is 0 Å². The molecule has 0 atom stereocenters. The van der Waals surface area contributed by atoms with E-state index in [2.05, 4.69) is 82.8 Å². The Morgan fingerprint density at radius 3 is 0.763 bits per heavy atom. The molecule has 5 aromatic rings. The summed E-state index contributed by atoms with van der Waals surface area (Å²) in [6, 6.07) is 44.9. The topological polar surface area (TPSA) is 95.1 Å². The van der Waals surface area contributed by atoms with Crippen LogP contribution in [-0.2, 0) is 49.7 Å². The highest BCUT2D eigenvalue weighted by Crippen LogP contribution is 2.23. The van der Waals surface area contributed by atoms with Crippen LogP contribution < -0.4 is 14.7 Å². The van der Waals surface area contributed by atoms with Crippen molar-refractivity contribution < 1.29 is 24.0 Å². The maximum Gasteiger partial charge on any atom is 0.258 e. The molecule has 0 saturated carbocycles. The fourth-order valence-electron chi connectivity index (χ4n) is 5.81. The Labute approximate surface area is 348 Å². The molecule has 5 aromatic carbocycles. The van der Waals surface area contributed by atoms with Crippen molar-refractivity contribution >= 4 is 46.6 Å². The van der Waals surface area contributed by atoms with Crippen molar-refractivity contribution in [2.24, 2.45) is 0 Å². The molecule has 3 aliphatic rings. The lowest BCUT2D eigenvalue weighted by Crippen LogP contribution is -2.29. The van der Waals surface area contributed by atoms with Crippen LogP contribution in [0.3, 0.4) is 0 Å². The van der Waals surface area contributed by atoms with Crippen LogP contribution in [0.4, 0.5) is 17.1 Å². The van der Waals surface area contributed by atoms with Gasteiger partial charge in [-0.25, -0.2) is 9.80 Å². The quantitative estimate of drug-likeness (QED) is 0.153. The number of aryl methyl sites for hydroxylation is 4. The minimum absolute atomic E-state index is 0.0313. The van der Waals surface area contributed by atoms with Crippen molar-refractivity contribution in [1.82, 2.24) is 0 Å². The third kappa shape index (κ3) is 13.2. The van der Waals surface area contributed by atoms with Gasteiger partial charge in [-0.3, -0.25) is 28.9 Å². The Balaban J connectivity index is 0.000000164. The number of benzene rings is 5. The first-order chi connectivity index (χ1) is 28.6. The third-order valence-electron chi connectivity index (χ3n) is 9.27. The molecule has 0 aliphatic carbocycles. The van der Waals surface area contributed by atoms with E-state index in [4.69, 9.17) is 0 Å². The molecule has 8 rings (SSSR count). The highest BCUT2D eigenvalue weighted by Gasteiger charge is 2.25. The Morgan fingerprint density at radius 1 is 0.322 bits per heavy atom. The van der Waals surface area contributed by atoms with Gasteiger partial charge in [0.2, 0.25) is 0 Å². The van der Waals surface area contributed by atoms with Gasteiger partial charge in [0.25, 0.3) is 29.5 Å². The van der Waals surface area contributed by atoms with Crippen molar-refractivity contribution in [3.05, 3.63) is 211 Å². The molecule has 0 spiro atoms. The fourth-order valence-corrected chi connectivity index (χ4v) is 5.81. The number of allylic oxidation sites excluding steroid dienone is 1. The maximum atomic E-state index is 11.4. The molecular formula is C51H51N3O5. The van der Waals surface area contributed by atoms with Gasteiger partial charge in [-0.05, 0) is 90.4 Å². The van der Waals surface area contributed by atoms with Crippen LogP contribution in [0.1, 0.15) is 49.9 Å². The van der Waals surface area contributed by atoms with E-state index in [1.807, 2.05) is 42.5 Å². The molecule has 59 heavy (non-hydrogen) atoms. The summed E-state index contributed by atoms with van der Waals surface area (Å²) in [5.41, 5.74) is 8.52. The van der Waals surface area contributed by atoms with E-state index in [1.54, 1.807) is 59.5 Å². The van der Waals surface area contributed by atoms with Crippen molar-refractivity contribution in [3.63, 3.8) is 0 Å². The molecule has 3 heterocycles. The van der Waals surface area contributed by atoms with E-state index in [0.717, 1.165) is 46.9 Å². The molecule has 300 valence electrons. The van der Waals surface area contributed by atoms with E-state index in [1.165, 1.54) is 52.6 Å². The average Bonchev–Trinajstić information content (AvgIpc) is 3.94. The minimum atomic E-state index is -0.281. The monoisotopic (exact) mass is 785 g/mol. The zero-order chi connectivity index (χ0) is 42.6. The second kappa shape index (κ2) is 23.1. The lowest BCUT2D eigenvalue weighted by atomic mass is 10.1. The number of carbonyl (C=O) groups is 5. The number of carbonyl (C=O) groups excluding carboxylic acids is 5. The van der Waals surface area contributed by atoms with Gasteiger partial charge in [0.05, 0.1) is 11.4 Å². The van der Waals surface area contributed by atoms with Crippen LogP contribution in [0.15, 0.2) is 188 Å². The van der Waals surface area contributed by atoms with Crippen LogP contribution in [0.25, 0.3) is 0 Å². The SMILES string of the molecule is C=C1C=CC(=O)N1c1ccccc1.CCc1ccc(CC)cc1.CCc1ccc(CC)cc1.O=C1C=CC(=O)N1c1ccccc1.O=C1C=CC(=O)N1c1ccccc1. The van der Waals surface area contributed by atoms with Crippen LogP contribution >= 0.6 is 0 Å². The summed E-state index contributed by atoms with van der Waals surface area (Å²) in [6.07, 6.45) is 12.9. The molecule has 0 bridgehead atoms. The summed E-state index contributed by atoms with van der Waals surface area (Å²) in [4.78, 5) is 60.0. The minimum Gasteiger partial charge on any atom is -0.278 e. The Bertz CT molecular complexity index is 1930. The van der Waals surface area contributed by atoms with Gasteiger partial charge in [0.1, 0.15) is 0 Å². The number of anilines is 3. The van der Waals surface area contributed by atoms with Gasteiger partial charge >= 0.3 is 0 Å². The molecule has 0 N–H and O–H groups in total. The molecule has 0 saturated heterocycles. The van der Waals surface area contributed by atoms with Gasteiger partial charge in [-0.2, -0.15) is 0 Å². The van der Waals surface area contributed by atoms with Crippen LogP contribution in [0, 0.1) is 0 Å². The summed E-state index contributed by atoms with van der Waals surface area (Å²) in [5.74, 6) is -1.16. The standard InChI is InChI=1S/C11H9NO.2C10H7NO2.2C10H14/c1-9-7-8-11(13)12(9)10-5-3-2-4-6-10;2*12-9-6-7-10(13)11(9)8-4-2-1-3-5-8;2*1-3-9-5-7-10(4-2)8-6-9/h2-8H,1H2;2*1-7H;2*5-8H,3-4H2,1-2H3. The second-order valence-corrected chi connectivity index (χ2v) is 13.2. The first kappa shape index (κ1) is 44.5. The predicted molar refractivity (Wildman–Crippen MR) is 239 cm³/mol. The molecule has 0 aromatic heterocycles. The van der Waals surface area contributed by atoms with E-state index >= 15 is 0 Å². The number of para-hydroxylation sites is 3. The third-order valence-corrected chi connectivity index (χ3v) is 9.27. The second-order valence-electron chi connectivity index (χ2n) is 13.2. The highest BCUT2D eigenvalue weighted by atomic mass is 16.2. The normalized spacial score (nSPS) is 13.6. The van der Waals surface area contributed by atoms with Crippen molar-refractivity contribution in [2.75, 3.05) is 14.7 Å². The van der Waals surface area contributed by atoms with E-state index in [0.29, 0.717) is 11.4 Å². The molecule has 3 aliphatic heterocycles. The predicted octanol–water partition coefficient (Wildman–Crippen LogP) is 9.96. The lowest BCUT2D eigenvalue weighted by molar-refractivity contribution is -0.121. The molecule has 0 unspecified atom stereocenters. The first-order valence-electron chi connectivity index (χ1n) is 19.7. The van der Waals surface area contributed by atoms with E-state index in [9.17, 15) is 24.0 Å².